The smallest absolute Gasteiger partial charge is 0.312 e. The number of hydrogen-bond acceptors (Lipinski definition) is 5. The molecule has 0 bridgehead atoms. The number of nitro groups is 1. The molecule has 0 amide bonds. The molecule has 0 heterocycles. The summed E-state index contributed by atoms with van der Waals surface area (Å²) in [5.74, 6) is -0.548. The minimum Gasteiger partial charge on any atom is -0.502 e. The first kappa shape index (κ1) is 12.8. The Morgan fingerprint density at radius 1 is 1.44 bits per heavy atom. The molecule has 0 atom stereocenters. The normalized spacial score (nSPS) is 15.9. The quantitative estimate of drug-likeness (QED) is 0.653. The lowest BCUT2D eigenvalue weighted by Crippen LogP contribution is -2.28. The number of hydrogen-bond donors (Lipinski definition) is 1. The average Bonchev–Trinajstić information content (AvgIpc) is 3.11. The summed E-state index contributed by atoms with van der Waals surface area (Å²) >= 11 is 0. The van der Waals surface area contributed by atoms with Crippen LogP contribution in [-0.4, -0.2) is 35.8 Å². The summed E-state index contributed by atoms with van der Waals surface area (Å²) in [6, 6.07) is 3.04. The molecule has 1 aromatic rings. The summed E-state index contributed by atoms with van der Waals surface area (Å²) in [6.07, 6.45) is 1.60. The predicted molar refractivity (Wildman–Crippen MR) is 62.7 cm³/mol. The third-order valence-corrected chi connectivity index (χ3v) is 4.79. The van der Waals surface area contributed by atoms with Crippen molar-refractivity contribution in [1.29, 1.82) is 0 Å². The van der Waals surface area contributed by atoms with E-state index in [1.165, 1.54) is 11.4 Å². The van der Waals surface area contributed by atoms with Gasteiger partial charge in [-0.15, -0.1) is 0 Å². The molecular weight excluding hydrogens is 260 g/mol. The monoisotopic (exact) mass is 272 g/mol. The van der Waals surface area contributed by atoms with Gasteiger partial charge in [0.1, 0.15) is 0 Å². The van der Waals surface area contributed by atoms with Crippen LogP contribution in [0.4, 0.5) is 5.69 Å². The third kappa shape index (κ3) is 2.16. The number of aromatic hydroxyl groups is 1. The van der Waals surface area contributed by atoms with Crippen molar-refractivity contribution in [3.8, 4) is 5.75 Å². The third-order valence-electron chi connectivity index (χ3n) is 2.88. The topological polar surface area (TPSA) is 101 Å². The summed E-state index contributed by atoms with van der Waals surface area (Å²) in [5, 5.41) is 19.9. The van der Waals surface area contributed by atoms with E-state index in [1.54, 1.807) is 0 Å². The lowest BCUT2D eigenvalue weighted by molar-refractivity contribution is -0.386. The van der Waals surface area contributed by atoms with Gasteiger partial charge in [-0.2, -0.15) is 4.31 Å². The first-order valence-electron chi connectivity index (χ1n) is 5.29. The molecule has 2 rings (SSSR count). The largest absolute Gasteiger partial charge is 0.502 e. The Hall–Kier alpha value is -1.67. The van der Waals surface area contributed by atoms with Gasteiger partial charge in [0.15, 0.2) is 5.75 Å². The van der Waals surface area contributed by atoms with Crippen molar-refractivity contribution in [2.45, 2.75) is 23.8 Å². The molecule has 18 heavy (non-hydrogen) atoms. The highest BCUT2D eigenvalue weighted by atomic mass is 32.2. The predicted octanol–water partition coefficient (Wildman–Crippen LogP) is 1.08. The van der Waals surface area contributed by atoms with Crippen LogP contribution < -0.4 is 0 Å². The van der Waals surface area contributed by atoms with Crippen molar-refractivity contribution in [2.24, 2.45) is 0 Å². The SMILES string of the molecule is CN(C1CC1)S(=O)(=O)c1ccc(O)c([N+](=O)[O-])c1. The molecule has 98 valence electrons. The number of nitrogens with zero attached hydrogens (tertiary/aromatic N) is 2. The molecule has 1 saturated carbocycles. The van der Waals surface area contributed by atoms with Crippen LogP contribution in [0.2, 0.25) is 0 Å². The van der Waals surface area contributed by atoms with E-state index in [0.717, 1.165) is 31.0 Å². The van der Waals surface area contributed by atoms with Gasteiger partial charge in [-0.1, -0.05) is 0 Å². The van der Waals surface area contributed by atoms with Gasteiger partial charge in [0.2, 0.25) is 10.0 Å². The molecule has 1 aliphatic carbocycles. The summed E-state index contributed by atoms with van der Waals surface area (Å²) < 4.78 is 25.5. The lowest BCUT2D eigenvalue weighted by atomic mass is 10.3. The highest BCUT2D eigenvalue weighted by molar-refractivity contribution is 7.89. The van der Waals surface area contributed by atoms with E-state index in [1.807, 2.05) is 0 Å². The van der Waals surface area contributed by atoms with Gasteiger partial charge in [0.05, 0.1) is 9.82 Å². The fourth-order valence-electron chi connectivity index (χ4n) is 1.61. The molecule has 1 aliphatic rings. The van der Waals surface area contributed by atoms with Crippen LogP contribution in [0.25, 0.3) is 0 Å². The zero-order chi connectivity index (χ0) is 13.5. The molecule has 0 aromatic heterocycles. The van der Waals surface area contributed by atoms with E-state index in [-0.39, 0.29) is 10.9 Å². The Balaban J connectivity index is 2.44. The number of rotatable bonds is 4. The summed E-state index contributed by atoms with van der Waals surface area (Å²) in [5.41, 5.74) is -0.611. The van der Waals surface area contributed by atoms with Crippen LogP contribution in [0.5, 0.6) is 5.75 Å². The van der Waals surface area contributed by atoms with Crippen molar-refractivity contribution in [1.82, 2.24) is 4.31 Å². The summed E-state index contributed by atoms with van der Waals surface area (Å²) in [6.45, 7) is 0. The fraction of sp³-hybridized carbons (Fsp3) is 0.400. The van der Waals surface area contributed by atoms with Crippen molar-refractivity contribution >= 4 is 15.7 Å². The molecule has 8 heteroatoms. The number of phenolic OH excluding ortho intramolecular Hbond substituents is 1. The standard InChI is InChI=1S/C10H12N2O5S/c1-11(7-2-3-7)18(16,17)8-4-5-10(13)9(6-8)12(14)15/h4-7,13H,2-3H2,1H3. The van der Waals surface area contributed by atoms with E-state index in [9.17, 15) is 23.6 Å². The van der Waals surface area contributed by atoms with E-state index >= 15 is 0 Å². The van der Waals surface area contributed by atoms with E-state index in [0.29, 0.717) is 0 Å². The second kappa shape index (κ2) is 4.21. The average molecular weight is 272 g/mol. The zero-order valence-corrected chi connectivity index (χ0v) is 10.4. The number of sulfonamides is 1. The van der Waals surface area contributed by atoms with Crippen LogP contribution in [0.1, 0.15) is 12.8 Å². The van der Waals surface area contributed by atoms with Crippen molar-refractivity contribution < 1.29 is 18.4 Å². The zero-order valence-electron chi connectivity index (χ0n) is 9.61. The van der Waals surface area contributed by atoms with Gasteiger partial charge in [-0.05, 0) is 25.0 Å². The number of nitro benzene ring substituents is 1. The second-order valence-corrected chi connectivity index (χ2v) is 6.16. The molecule has 0 saturated heterocycles. The molecular formula is C10H12N2O5S. The fourth-order valence-corrected chi connectivity index (χ4v) is 3.05. The maximum Gasteiger partial charge on any atom is 0.312 e. The molecule has 0 aliphatic heterocycles. The minimum atomic E-state index is -3.73. The highest BCUT2D eigenvalue weighted by Gasteiger charge is 2.35. The molecule has 7 nitrogen and oxygen atoms in total. The van der Waals surface area contributed by atoms with Crippen LogP contribution in [0, 0.1) is 10.1 Å². The Morgan fingerprint density at radius 3 is 2.56 bits per heavy atom. The Labute approximate surface area is 104 Å². The van der Waals surface area contributed by atoms with E-state index in [2.05, 4.69) is 0 Å². The van der Waals surface area contributed by atoms with Gasteiger partial charge in [-0.3, -0.25) is 10.1 Å². The molecule has 0 radical (unpaired) electrons. The highest BCUT2D eigenvalue weighted by Crippen LogP contribution is 2.33. The van der Waals surface area contributed by atoms with Gasteiger partial charge in [0.25, 0.3) is 0 Å². The molecule has 1 aromatic carbocycles. The van der Waals surface area contributed by atoms with Crippen LogP contribution in [0.3, 0.4) is 0 Å². The summed E-state index contributed by atoms with van der Waals surface area (Å²) in [4.78, 5) is 9.66. The lowest BCUT2D eigenvalue weighted by Gasteiger charge is -2.16. The van der Waals surface area contributed by atoms with Gasteiger partial charge in [-0.25, -0.2) is 8.42 Å². The maximum absolute atomic E-state index is 12.1. The number of phenols is 1. The van der Waals surface area contributed by atoms with Crippen molar-refractivity contribution in [2.75, 3.05) is 7.05 Å². The molecule has 0 unspecified atom stereocenters. The first-order valence-corrected chi connectivity index (χ1v) is 6.73. The van der Waals surface area contributed by atoms with Crippen LogP contribution >= 0.6 is 0 Å². The maximum atomic E-state index is 12.1. The Kier molecular flexibility index (Phi) is 2.99. The van der Waals surface area contributed by atoms with E-state index < -0.39 is 26.4 Å². The first-order chi connectivity index (χ1) is 8.34. The van der Waals surface area contributed by atoms with Crippen molar-refractivity contribution in [3.63, 3.8) is 0 Å². The minimum absolute atomic E-state index is 0.0251. The van der Waals surface area contributed by atoms with Gasteiger partial charge in [0, 0.05) is 19.2 Å². The Bertz CT molecular complexity index is 594. The van der Waals surface area contributed by atoms with Crippen molar-refractivity contribution in [3.05, 3.63) is 28.3 Å². The number of benzene rings is 1. The summed E-state index contributed by atoms with van der Waals surface area (Å²) in [7, 11) is -2.28. The van der Waals surface area contributed by atoms with Crippen LogP contribution in [0.15, 0.2) is 23.1 Å². The van der Waals surface area contributed by atoms with Crippen LogP contribution in [-0.2, 0) is 10.0 Å². The Morgan fingerprint density at radius 2 is 2.06 bits per heavy atom. The van der Waals surface area contributed by atoms with Gasteiger partial charge < -0.3 is 5.11 Å². The van der Waals surface area contributed by atoms with Gasteiger partial charge >= 0.3 is 5.69 Å². The second-order valence-electron chi connectivity index (χ2n) is 4.16. The molecule has 0 spiro atoms. The van der Waals surface area contributed by atoms with E-state index in [4.69, 9.17) is 0 Å². The molecule has 1 fully saturated rings. The molecule has 1 N–H and O–H groups in total.